The molecule has 20 heavy (non-hydrogen) atoms. The summed E-state index contributed by atoms with van der Waals surface area (Å²) in [5.74, 6) is -0.0547. The minimum atomic E-state index is -0.0547. The summed E-state index contributed by atoms with van der Waals surface area (Å²) in [7, 11) is 0. The monoisotopic (exact) mass is 283 g/mol. The molecule has 2 aromatic rings. The van der Waals surface area contributed by atoms with E-state index in [9.17, 15) is 4.79 Å². The number of amides is 1. The van der Waals surface area contributed by atoms with Gasteiger partial charge in [0.05, 0.1) is 5.37 Å². The van der Waals surface area contributed by atoms with Crippen molar-refractivity contribution in [2.75, 3.05) is 0 Å². The summed E-state index contributed by atoms with van der Waals surface area (Å²) in [6, 6.07) is 19.3. The largest absolute Gasteiger partial charge is 0.340 e. The zero-order valence-corrected chi connectivity index (χ0v) is 12.0. The molecule has 0 saturated carbocycles. The molecule has 1 unspecified atom stereocenters. The number of carbonyl (C=O) groups is 1. The SMILES string of the molecule is C=CCC(NC(=O)c1ccccc1)Sc1ccccc1. The van der Waals surface area contributed by atoms with Gasteiger partial charge in [-0.2, -0.15) is 0 Å². The van der Waals surface area contributed by atoms with Gasteiger partial charge in [-0.3, -0.25) is 4.79 Å². The van der Waals surface area contributed by atoms with E-state index in [0.29, 0.717) is 5.56 Å². The molecule has 0 aliphatic carbocycles. The molecule has 2 rings (SSSR count). The van der Waals surface area contributed by atoms with Gasteiger partial charge in [0.15, 0.2) is 0 Å². The van der Waals surface area contributed by atoms with Crippen LogP contribution in [-0.4, -0.2) is 11.3 Å². The molecule has 0 radical (unpaired) electrons. The van der Waals surface area contributed by atoms with E-state index in [1.807, 2.05) is 66.7 Å². The Morgan fingerprint density at radius 2 is 1.70 bits per heavy atom. The molecule has 1 amide bonds. The van der Waals surface area contributed by atoms with Crippen LogP contribution < -0.4 is 5.32 Å². The third kappa shape index (κ3) is 4.28. The fourth-order valence-corrected chi connectivity index (χ4v) is 2.81. The van der Waals surface area contributed by atoms with Crippen LogP contribution in [0.3, 0.4) is 0 Å². The zero-order chi connectivity index (χ0) is 14.2. The van der Waals surface area contributed by atoms with E-state index >= 15 is 0 Å². The number of thioether (sulfide) groups is 1. The zero-order valence-electron chi connectivity index (χ0n) is 11.2. The molecule has 0 bridgehead atoms. The number of nitrogens with one attached hydrogen (secondary N) is 1. The molecule has 0 aliphatic rings. The first kappa shape index (κ1) is 14.4. The summed E-state index contributed by atoms with van der Waals surface area (Å²) in [6.45, 7) is 3.76. The first-order valence-electron chi connectivity index (χ1n) is 6.48. The van der Waals surface area contributed by atoms with Gasteiger partial charge in [0.2, 0.25) is 0 Å². The van der Waals surface area contributed by atoms with E-state index in [2.05, 4.69) is 11.9 Å². The second kappa shape index (κ2) is 7.56. The lowest BCUT2D eigenvalue weighted by molar-refractivity contribution is 0.0950. The number of hydrogen-bond donors (Lipinski definition) is 1. The Labute approximate surface area is 123 Å². The molecule has 0 spiro atoms. The van der Waals surface area contributed by atoms with Gasteiger partial charge in [-0.05, 0) is 30.7 Å². The molecule has 1 atom stereocenters. The molecule has 0 aromatic heterocycles. The van der Waals surface area contributed by atoms with Crippen LogP contribution >= 0.6 is 11.8 Å². The molecular weight excluding hydrogens is 266 g/mol. The minimum absolute atomic E-state index is 0.0115. The third-order valence-corrected chi connectivity index (χ3v) is 3.87. The van der Waals surface area contributed by atoms with E-state index in [0.717, 1.165) is 11.3 Å². The highest BCUT2D eigenvalue weighted by Crippen LogP contribution is 2.23. The van der Waals surface area contributed by atoms with Crippen molar-refractivity contribution in [3.8, 4) is 0 Å². The summed E-state index contributed by atoms with van der Waals surface area (Å²) < 4.78 is 0. The Morgan fingerprint density at radius 1 is 1.10 bits per heavy atom. The Morgan fingerprint density at radius 3 is 2.30 bits per heavy atom. The summed E-state index contributed by atoms with van der Waals surface area (Å²) in [6.07, 6.45) is 2.55. The van der Waals surface area contributed by atoms with E-state index in [4.69, 9.17) is 0 Å². The Balaban J connectivity index is 2.02. The van der Waals surface area contributed by atoms with Crippen molar-refractivity contribution in [1.29, 1.82) is 0 Å². The van der Waals surface area contributed by atoms with Crippen molar-refractivity contribution in [3.63, 3.8) is 0 Å². The van der Waals surface area contributed by atoms with E-state index in [-0.39, 0.29) is 11.3 Å². The van der Waals surface area contributed by atoms with E-state index < -0.39 is 0 Å². The number of carbonyl (C=O) groups excluding carboxylic acids is 1. The lowest BCUT2D eigenvalue weighted by Crippen LogP contribution is -2.32. The van der Waals surface area contributed by atoms with Gasteiger partial charge in [-0.15, -0.1) is 18.3 Å². The van der Waals surface area contributed by atoms with Crippen LogP contribution in [0.15, 0.2) is 78.2 Å². The Bertz CT molecular complexity index is 554. The highest BCUT2D eigenvalue weighted by molar-refractivity contribution is 8.00. The number of benzene rings is 2. The van der Waals surface area contributed by atoms with Crippen molar-refractivity contribution in [3.05, 3.63) is 78.9 Å². The molecule has 102 valence electrons. The fourth-order valence-electron chi connectivity index (χ4n) is 1.77. The summed E-state index contributed by atoms with van der Waals surface area (Å²) in [5, 5.41) is 3.02. The van der Waals surface area contributed by atoms with Gasteiger partial charge < -0.3 is 5.32 Å². The van der Waals surface area contributed by atoms with E-state index in [1.165, 1.54) is 0 Å². The second-order valence-corrected chi connectivity index (χ2v) is 5.56. The van der Waals surface area contributed by atoms with Crippen molar-refractivity contribution in [2.45, 2.75) is 16.7 Å². The summed E-state index contributed by atoms with van der Waals surface area (Å²) in [4.78, 5) is 13.3. The van der Waals surface area contributed by atoms with Gasteiger partial charge in [0, 0.05) is 10.5 Å². The average molecular weight is 283 g/mol. The average Bonchev–Trinajstić information content (AvgIpc) is 2.49. The van der Waals surface area contributed by atoms with Gasteiger partial charge in [-0.25, -0.2) is 0 Å². The lowest BCUT2D eigenvalue weighted by atomic mass is 10.2. The quantitative estimate of drug-likeness (QED) is 0.491. The molecule has 2 aromatic carbocycles. The van der Waals surface area contributed by atoms with Crippen LogP contribution in [0.25, 0.3) is 0 Å². The molecule has 1 N–H and O–H groups in total. The molecular formula is C17H17NOS. The first-order chi connectivity index (χ1) is 9.79. The minimum Gasteiger partial charge on any atom is -0.340 e. The van der Waals surface area contributed by atoms with Crippen LogP contribution in [0.2, 0.25) is 0 Å². The topological polar surface area (TPSA) is 29.1 Å². The van der Waals surface area contributed by atoms with Crippen LogP contribution in [0.1, 0.15) is 16.8 Å². The number of rotatable bonds is 6. The Hall–Kier alpha value is -2.00. The first-order valence-corrected chi connectivity index (χ1v) is 7.36. The predicted molar refractivity (Wildman–Crippen MR) is 84.8 cm³/mol. The summed E-state index contributed by atoms with van der Waals surface area (Å²) in [5.41, 5.74) is 0.676. The molecule has 2 nitrogen and oxygen atoms in total. The highest BCUT2D eigenvalue weighted by atomic mass is 32.2. The fraction of sp³-hybridized carbons (Fsp3) is 0.118. The van der Waals surface area contributed by atoms with E-state index in [1.54, 1.807) is 11.8 Å². The van der Waals surface area contributed by atoms with Crippen molar-refractivity contribution < 1.29 is 4.79 Å². The highest BCUT2D eigenvalue weighted by Gasteiger charge is 2.13. The van der Waals surface area contributed by atoms with Crippen molar-refractivity contribution >= 4 is 17.7 Å². The smallest absolute Gasteiger partial charge is 0.252 e. The van der Waals surface area contributed by atoms with Gasteiger partial charge >= 0.3 is 0 Å². The van der Waals surface area contributed by atoms with Crippen LogP contribution in [-0.2, 0) is 0 Å². The second-order valence-electron chi connectivity index (χ2n) is 4.28. The van der Waals surface area contributed by atoms with Gasteiger partial charge in [0.25, 0.3) is 5.91 Å². The maximum Gasteiger partial charge on any atom is 0.252 e. The normalized spacial score (nSPS) is 11.6. The molecule has 0 fully saturated rings. The standard InChI is InChI=1S/C17H17NOS/c1-2-9-16(20-15-12-7-4-8-13-15)18-17(19)14-10-5-3-6-11-14/h2-8,10-13,16H,1,9H2,(H,18,19). The van der Waals surface area contributed by atoms with Crippen molar-refractivity contribution in [1.82, 2.24) is 5.32 Å². The molecule has 0 aliphatic heterocycles. The van der Waals surface area contributed by atoms with Crippen molar-refractivity contribution in [2.24, 2.45) is 0 Å². The molecule has 0 heterocycles. The van der Waals surface area contributed by atoms with Crippen LogP contribution in [0, 0.1) is 0 Å². The van der Waals surface area contributed by atoms with Gasteiger partial charge in [0.1, 0.15) is 0 Å². The number of hydrogen-bond acceptors (Lipinski definition) is 2. The molecule has 0 saturated heterocycles. The maximum absolute atomic E-state index is 12.2. The maximum atomic E-state index is 12.2. The van der Waals surface area contributed by atoms with Gasteiger partial charge in [-0.1, -0.05) is 42.5 Å². The summed E-state index contributed by atoms with van der Waals surface area (Å²) >= 11 is 1.63. The predicted octanol–water partition coefficient (Wildman–Crippen LogP) is 4.11. The lowest BCUT2D eigenvalue weighted by Gasteiger charge is -2.16. The van der Waals surface area contributed by atoms with Crippen LogP contribution in [0.5, 0.6) is 0 Å². The Kier molecular flexibility index (Phi) is 5.44. The van der Waals surface area contributed by atoms with Crippen LogP contribution in [0.4, 0.5) is 0 Å². The molecule has 3 heteroatoms. The third-order valence-electron chi connectivity index (χ3n) is 2.73.